The van der Waals surface area contributed by atoms with Crippen LogP contribution < -0.4 is 15.5 Å². The zero-order chi connectivity index (χ0) is 27.3. The van der Waals surface area contributed by atoms with Crippen molar-refractivity contribution in [2.45, 2.75) is 45.1 Å². The first kappa shape index (κ1) is 27.7. The molecule has 208 valence electrons. The van der Waals surface area contributed by atoms with Crippen LogP contribution in [0.15, 0.2) is 18.6 Å². The van der Waals surface area contributed by atoms with Crippen molar-refractivity contribution in [1.29, 1.82) is 0 Å². The molecule has 1 saturated heterocycles. The molecule has 2 N–H and O–H groups in total. The summed E-state index contributed by atoms with van der Waals surface area (Å²) in [4.78, 5) is 19.1. The Morgan fingerprint density at radius 3 is 2.74 bits per heavy atom. The van der Waals surface area contributed by atoms with Crippen LogP contribution in [0.2, 0.25) is 0 Å². The Hall–Kier alpha value is -3.31. The van der Waals surface area contributed by atoms with Crippen molar-refractivity contribution in [3.05, 3.63) is 24.3 Å². The summed E-state index contributed by atoms with van der Waals surface area (Å²) >= 11 is 0. The lowest BCUT2D eigenvalue weighted by Crippen LogP contribution is -2.49. The van der Waals surface area contributed by atoms with Crippen molar-refractivity contribution in [2.24, 2.45) is 0 Å². The zero-order valence-corrected chi connectivity index (χ0v) is 20.1. The molecule has 0 amide bonds. The number of alkyl halides is 6. The lowest BCUT2D eigenvalue weighted by atomic mass is 10.2. The van der Waals surface area contributed by atoms with Crippen LogP contribution in [0.25, 0.3) is 11.0 Å². The number of fused-ring (bicyclic) bond motifs is 1. The number of aromatic nitrogens is 6. The molecule has 1 fully saturated rings. The van der Waals surface area contributed by atoms with Gasteiger partial charge in [0.15, 0.2) is 5.82 Å². The highest BCUT2D eigenvalue weighted by Gasteiger charge is 2.28. The summed E-state index contributed by atoms with van der Waals surface area (Å²) in [6.45, 7) is 1.06. The molecule has 0 aliphatic carbocycles. The van der Waals surface area contributed by atoms with Gasteiger partial charge >= 0.3 is 6.18 Å². The van der Waals surface area contributed by atoms with Crippen molar-refractivity contribution in [3.63, 3.8) is 0 Å². The van der Waals surface area contributed by atoms with Crippen molar-refractivity contribution in [1.82, 2.24) is 35.0 Å². The van der Waals surface area contributed by atoms with Gasteiger partial charge in [-0.3, -0.25) is 4.68 Å². The van der Waals surface area contributed by atoms with E-state index in [9.17, 15) is 26.3 Å². The van der Waals surface area contributed by atoms with Gasteiger partial charge in [0.05, 0.1) is 19.8 Å². The second kappa shape index (κ2) is 12.0. The quantitative estimate of drug-likeness (QED) is 0.273. The number of piperazine rings is 1. The largest absolute Gasteiger partial charge is 0.411 e. The Balaban J connectivity index is 1.75. The molecule has 2 atom stereocenters. The summed E-state index contributed by atoms with van der Waals surface area (Å²) in [7, 11) is 0. The highest BCUT2D eigenvalue weighted by molar-refractivity contribution is 5.90. The molecule has 0 bridgehead atoms. The molecule has 17 heteroatoms. The fourth-order valence-electron chi connectivity index (χ4n) is 3.79. The van der Waals surface area contributed by atoms with Gasteiger partial charge in [0.1, 0.15) is 35.5 Å². The summed E-state index contributed by atoms with van der Waals surface area (Å²) in [5.74, 6) is 0.817. The van der Waals surface area contributed by atoms with Crippen LogP contribution in [0.4, 0.5) is 43.9 Å². The third kappa shape index (κ3) is 7.16. The van der Waals surface area contributed by atoms with E-state index >= 15 is 0 Å². The van der Waals surface area contributed by atoms with E-state index in [1.54, 1.807) is 6.07 Å². The van der Waals surface area contributed by atoms with E-state index in [1.807, 2.05) is 11.8 Å². The summed E-state index contributed by atoms with van der Waals surface area (Å²) in [5, 5.41) is 10.6. The topological polar surface area (TPSA) is 115 Å². The lowest BCUT2D eigenvalue weighted by Gasteiger charge is -2.32. The number of rotatable bonds is 11. The van der Waals surface area contributed by atoms with Crippen LogP contribution in [0.3, 0.4) is 0 Å². The SMILES string of the molecule is C[C@@H]1CN(c2nc(Nc3ccncn3)c3c(n2)c(COC(F)C(F)F)nn3CCOCC(F)(F)F)CCN1. The molecule has 0 saturated carbocycles. The number of anilines is 3. The van der Waals surface area contributed by atoms with Gasteiger partial charge in [-0.25, -0.2) is 28.1 Å². The third-order valence-electron chi connectivity index (χ3n) is 5.42. The molecule has 0 aromatic carbocycles. The maximum atomic E-state index is 13.6. The molecule has 4 rings (SSSR count). The molecule has 0 spiro atoms. The summed E-state index contributed by atoms with van der Waals surface area (Å²) in [5.41, 5.74) is 0.365. The molecule has 1 aliphatic rings. The molecule has 0 radical (unpaired) electrons. The van der Waals surface area contributed by atoms with Crippen molar-refractivity contribution >= 4 is 28.6 Å². The van der Waals surface area contributed by atoms with Crippen LogP contribution in [-0.2, 0) is 22.6 Å². The number of halogens is 6. The Morgan fingerprint density at radius 2 is 2.05 bits per heavy atom. The van der Waals surface area contributed by atoms with Gasteiger partial charge in [0, 0.05) is 31.9 Å². The molecule has 1 aliphatic heterocycles. The van der Waals surface area contributed by atoms with Crippen molar-refractivity contribution < 1.29 is 35.8 Å². The van der Waals surface area contributed by atoms with Crippen LogP contribution in [0.1, 0.15) is 12.6 Å². The predicted molar refractivity (Wildman–Crippen MR) is 123 cm³/mol. The molecular weight excluding hydrogens is 524 g/mol. The minimum atomic E-state index is -4.52. The first-order valence-corrected chi connectivity index (χ1v) is 11.6. The zero-order valence-electron chi connectivity index (χ0n) is 20.1. The fourth-order valence-corrected chi connectivity index (χ4v) is 3.79. The van der Waals surface area contributed by atoms with Crippen LogP contribution in [-0.4, -0.2) is 87.6 Å². The van der Waals surface area contributed by atoms with Gasteiger partial charge in [-0.15, -0.1) is 0 Å². The van der Waals surface area contributed by atoms with Gasteiger partial charge in [0.25, 0.3) is 12.8 Å². The van der Waals surface area contributed by atoms with Crippen molar-refractivity contribution in [3.8, 4) is 0 Å². The normalized spacial score (nSPS) is 17.4. The Bertz CT molecular complexity index is 1200. The van der Waals surface area contributed by atoms with Crippen LogP contribution >= 0.6 is 0 Å². The Morgan fingerprint density at radius 1 is 1.24 bits per heavy atom. The summed E-state index contributed by atoms with van der Waals surface area (Å²) < 4.78 is 87.1. The van der Waals surface area contributed by atoms with Crippen LogP contribution in [0.5, 0.6) is 0 Å². The van der Waals surface area contributed by atoms with E-state index in [2.05, 4.69) is 40.4 Å². The number of nitrogens with zero attached hydrogens (tertiary/aromatic N) is 7. The van der Waals surface area contributed by atoms with Gasteiger partial charge in [-0.1, -0.05) is 0 Å². The number of hydrogen-bond donors (Lipinski definition) is 2. The molecule has 38 heavy (non-hydrogen) atoms. The second-order valence-corrected chi connectivity index (χ2v) is 8.42. The van der Waals surface area contributed by atoms with E-state index in [1.165, 1.54) is 17.2 Å². The van der Waals surface area contributed by atoms with Gasteiger partial charge in [-0.2, -0.15) is 23.3 Å². The van der Waals surface area contributed by atoms with E-state index in [4.69, 9.17) is 4.74 Å². The smallest absolute Gasteiger partial charge is 0.370 e. The molecule has 3 aromatic heterocycles. The average molecular weight is 549 g/mol. The van der Waals surface area contributed by atoms with Gasteiger partial charge in [0.2, 0.25) is 5.95 Å². The van der Waals surface area contributed by atoms with Gasteiger partial charge in [-0.05, 0) is 13.0 Å². The highest BCUT2D eigenvalue weighted by atomic mass is 19.4. The highest BCUT2D eigenvalue weighted by Crippen LogP contribution is 2.29. The monoisotopic (exact) mass is 549 g/mol. The minimum Gasteiger partial charge on any atom is -0.370 e. The first-order chi connectivity index (χ1) is 18.1. The number of ether oxygens (including phenoxy) is 2. The lowest BCUT2D eigenvalue weighted by molar-refractivity contribution is -0.174. The Labute approximate surface area is 212 Å². The van der Waals surface area contributed by atoms with Gasteiger partial charge < -0.3 is 25.0 Å². The molecule has 4 heterocycles. The molecule has 3 aromatic rings. The van der Waals surface area contributed by atoms with Crippen LogP contribution in [0, 0.1) is 0 Å². The van der Waals surface area contributed by atoms with E-state index < -0.39 is 32.2 Å². The van der Waals surface area contributed by atoms with E-state index in [0.717, 1.165) is 0 Å². The molecular formula is C21H25F6N9O2. The number of hydrogen-bond acceptors (Lipinski definition) is 10. The third-order valence-corrected chi connectivity index (χ3v) is 5.42. The summed E-state index contributed by atoms with van der Waals surface area (Å²) in [6.07, 6.45) is -7.97. The predicted octanol–water partition coefficient (Wildman–Crippen LogP) is 2.81. The molecule has 1 unspecified atom stereocenters. The van der Waals surface area contributed by atoms with E-state index in [-0.39, 0.29) is 47.7 Å². The maximum absolute atomic E-state index is 13.6. The second-order valence-electron chi connectivity index (χ2n) is 8.42. The van der Waals surface area contributed by atoms with Crippen molar-refractivity contribution in [2.75, 3.05) is 43.1 Å². The number of nitrogens with one attached hydrogen (secondary N) is 2. The minimum absolute atomic E-state index is 0.00306. The first-order valence-electron chi connectivity index (χ1n) is 11.6. The Kier molecular flexibility index (Phi) is 8.78. The summed E-state index contributed by atoms with van der Waals surface area (Å²) in [6, 6.07) is 1.68. The van der Waals surface area contributed by atoms with E-state index in [0.29, 0.717) is 25.5 Å². The fraction of sp³-hybridized carbons (Fsp3) is 0.571. The standard InChI is InChI=1S/C21H25F6N9O2/c1-12-8-35(5-4-29-12)20-32-15-13(9-38-18(24)17(22)23)34-36(6-7-37-10-21(25,26)27)16(15)19(33-20)31-14-2-3-28-11-30-14/h2-3,11-12,17-18,29H,4-10H2,1H3,(H,28,30,31,32,33)/t12-,18?/m1/s1. The molecule has 11 nitrogen and oxygen atoms in total. The average Bonchev–Trinajstić information content (AvgIpc) is 3.23. The maximum Gasteiger partial charge on any atom is 0.411 e.